The van der Waals surface area contributed by atoms with E-state index in [4.69, 9.17) is 23.8 Å². The van der Waals surface area contributed by atoms with Crippen molar-refractivity contribution in [1.29, 1.82) is 0 Å². The number of hydrazine groups is 1. The Balaban J connectivity index is 1.80. The summed E-state index contributed by atoms with van der Waals surface area (Å²) < 4.78 is 0.876. The molecule has 0 spiro atoms. The number of nitrogens with one attached hydrogen (secondary N) is 3. The minimum absolute atomic E-state index is 0.163. The second-order valence-corrected chi connectivity index (χ2v) is 6.77. The second kappa shape index (κ2) is 7.74. The van der Waals surface area contributed by atoms with Crippen LogP contribution in [0.2, 0.25) is 5.02 Å². The lowest BCUT2D eigenvalue weighted by Crippen LogP contribution is -2.44. The van der Waals surface area contributed by atoms with E-state index in [1.54, 1.807) is 12.1 Å². The number of halogens is 2. The zero-order valence-electron chi connectivity index (χ0n) is 10.7. The lowest BCUT2D eigenvalue weighted by atomic mass is 10.3. The fraction of sp³-hybridized carbons (Fsp3) is 0.0769. The number of hydrogen-bond donors (Lipinski definition) is 3. The number of amides is 1. The molecule has 1 heterocycles. The fourth-order valence-electron chi connectivity index (χ4n) is 1.49. The number of rotatable bonds is 3. The lowest BCUT2D eigenvalue weighted by Gasteiger charge is -2.12. The van der Waals surface area contributed by atoms with Gasteiger partial charge in [0.25, 0.3) is 0 Å². The highest BCUT2D eigenvalue weighted by atomic mass is 79.9. The molecule has 1 amide bonds. The molecule has 0 fully saturated rings. The molecule has 0 saturated heterocycles. The highest BCUT2D eigenvalue weighted by Crippen LogP contribution is 2.25. The van der Waals surface area contributed by atoms with Crippen molar-refractivity contribution in [3.05, 3.63) is 50.1 Å². The highest BCUT2D eigenvalue weighted by Gasteiger charge is 2.06. The van der Waals surface area contributed by atoms with Crippen LogP contribution in [0.3, 0.4) is 0 Å². The first-order valence-electron chi connectivity index (χ1n) is 5.88. The second-order valence-electron chi connectivity index (χ2n) is 4.01. The molecule has 0 aliphatic heterocycles. The third kappa shape index (κ3) is 5.28. The van der Waals surface area contributed by atoms with Crippen molar-refractivity contribution >= 4 is 67.8 Å². The van der Waals surface area contributed by atoms with Gasteiger partial charge in [-0.2, -0.15) is 0 Å². The van der Waals surface area contributed by atoms with E-state index in [0.717, 1.165) is 9.35 Å². The van der Waals surface area contributed by atoms with E-state index in [1.807, 2.05) is 23.6 Å². The zero-order valence-corrected chi connectivity index (χ0v) is 14.6. The van der Waals surface area contributed by atoms with Crippen LogP contribution in [0, 0.1) is 0 Å². The standard InChI is InChI=1S/C13H11BrClN3OS2/c14-8-3-4-11(10(15)6-8)16-13(20)18-17-12(19)7-9-2-1-5-21-9/h1-6H,7H2,(H,17,19)(H2,16,18,20). The smallest absolute Gasteiger partial charge is 0.243 e. The van der Waals surface area contributed by atoms with Crippen molar-refractivity contribution in [3.8, 4) is 0 Å². The first-order chi connectivity index (χ1) is 10.0. The topological polar surface area (TPSA) is 53.2 Å². The average Bonchev–Trinajstić information content (AvgIpc) is 2.92. The van der Waals surface area contributed by atoms with E-state index >= 15 is 0 Å². The molecule has 1 aromatic carbocycles. The molecular formula is C13H11BrClN3OS2. The molecule has 0 bridgehead atoms. The van der Waals surface area contributed by atoms with Crippen LogP contribution in [0.15, 0.2) is 40.2 Å². The maximum atomic E-state index is 11.7. The molecule has 0 saturated carbocycles. The average molecular weight is 405 g/mol. The van der Waals surface area contributed by atoms with Gasteiger partial charge in [-0.1, -0.05) is 33.6 Å². The van der Waals surface area contributed by atoms with Crippen molar-refractivity contribution in [3.63, 3.8) is 0 Å². The van der Waals surface area contributed by atoms with Crippen LogP contribution < -0.4 is 16.2 Å². The van der Waals surface area contributed by atoms with Crippen LogP contribution in [-0.4, -0.2) is 11.0 Å². The van der Waals surface area contributed by atoms with Gasteiger partial charge in [0.05, 0.1) is 17.1 Å². The van der Waals surface area contributed by atoms with E-state index in [0.29, 0.717) is 17.1 Å². The Hall–Kier alpha value is -1.15. The van der Waals surface area contributed by atoms with Gasteiger partial charge in [0, 0.05) is 9.35 Å². The van der Waals surface area contributed by atoms with Gasteiger partial charge in [-0.05, 0) is 41.9 Å². The van der Waals surface area contributed by atoms with Crippen molar-refractivity contribution in [2.45, 2.75) is 6.42 Å². The molecule has 2 rings (SSSR count). The van der Waals surface area contributed by atoms with Crippen LogP contribution in [0.25, 0.3) is 0 Å². The largest absolute Gasteiger partial charge is 0.330 e. The quantitative estimate of drug-likeness (QED) is 0.539. The van der Waals surface area contributed by atoms with Crippen LogP contribution in [0.4, 0.5) is 5.69 Å². The Kier molecular flexibility index (Phi) is 5.98. The van der Waals surface area contributed by atoms with Gasteiger partial charge in [-0.3, -0.25) is 15.6 Å². The third-order valence-electron chi connectivity index (χ3n) is 2.41. The number of carbonyl (C=O) groups is 1. The minimum atomic E-state index is -0.163. The lowest BCUT2D eigenvalue weighted by molar-refractivity contribution is -0.120. The Morgan fingerprint density at radius 1 is 1.33 bits per heavy atom. The zero-order chi connectivity index (χ0) is 15.2. The Morgan fingerprint density at radius 3 is 2.81 bits per heavy atom. The summed E-state index contributed by atoms with van der Waals surface area (Å²) >= 11 is 16.0. The van der Waals surface area contributed by atoms with E-state index < -0.39 is 0 Å². The monoisotopic (exact) mass is 403 g/mol. The summed E-state index contributed by atoms with van der Waals surface area (Å²) in [6.45, 7) is 0. The summed E-state index contributed by atoms with van der Waals surface area (Å²) in [5.41, 5.74) is 5.83. The normalized spacial score (nSPS) is 10.0. The molecule has 8 heteroatoms. The third-order valence-corrected chi connectivity index (χ3v) is 4.30. The first kappa shape index (κ1) is 16.2. The Labute approximate surface area is 145 Å². The summed E-state index contributed by atoms with van der Waals surface area (Å²) in [4.78, 5) is 12.7. The molecule has 110 valence electrons. The Morgan fingerprint density at radius 2 is 2.14 bits per heavy atom. The molecule has 1 aromatic heterocycles. The van der Waals surface area contributed by atoms with Crippen molar-refractivity contribution in [2.75, 3.05) is 5.32 Å². The number of carbonyl (C=O) groups excluding carboxylic acids is 1. The van der Waals surface area contributed by atoms with Crippen molar-refractivity contribution in [2.24, 2.45) is 0 Å². The summed E-state index contributed by atoms with van der Waals surface area (Å²) in [5.74, 6) is -0.163. The van der Waals surface area contributed by atoms with Crippen LogP contribution in [0.1, 0.15) is 4.88 Å². The minimum Gasteiger partial charge on any atom is -0.330 e. The van der Waals surface area contributed by atoms with Crippen molar-refractivity contribution in [1.82, 2.24) is 10.9 Å². The molecule has 2 aromatic rings. The van der Waals surface area contributed by atoms with E-state index in [2.05, 4.69) is 32.1 Å². The first-order valence-corrected chi connectivity index (χ1v) is 8.34. The SMILES string of the molecule is O=C(Cc1cccs1)NNC(=S)Nc1ccc(Br)cc1Cl. The molecule has 0 aliphatic carbocycles. The van der Waals surface area contributed by atoms with Gasteiger partial charge in [0.2, 0.25) is 5.91 Å². The molecule has 4 nitrogen and oxygen atoms in total. The van der Waals surface area contributed by atoms with Crippen LogP contribution in [0.5, 0.6) is 0 Å². The molecule has 0 unspecified atom stereocenters. The van der Waals surface area contributed by atoms with Gasteiger partial charge in [-0.25, -0.2) is 0 Å². The van der Waals surface area contributed by atoms with E-state index in [1.165, 1.54) is 11.3 Å². The van der Waals surface area contributed by atoms with Gasteiger partial charge in [0.15, 0.2) is 5.11 Å². The van der Waals surface area contributed by atoms with Gasteiger partial charge >= 0.3 is 0 Å². The molecule has 3 N–H and O–H groups in total. The highest BCUT2D eigenvalue weighted by molar-refractivity contribution is 9.10. The number of anilines is 1. The van der Waals surface area contributed by atoms with Crippen molar-refractivity contribution < 1.29 is 4.79 Å². The number of thiophene rings is 1. The molecule has 0 aliphatic rings. The molecule has 0 atom stereocenters. The van der Waals surface area contributed by atoms with Crippen LogP contribution in [-0.2, 0) is 11.2 Å². The predicted molar refractivity (Wildman–Crippen MR) is 94.7 cm³/mol. The summed E-state index contributed by atoms with van der Waals surface area (Å²) in [6.07, 6.45) is 0.312. The van der Waals surface area contributed by atoms with Gasteiger partial charge in [-0.15, -0.1) is 11.3 Å². The summed E-state index contributed by atoms with van der Waals surface area (Å²) in [5, 5.41) is 5.62. The number of benzene rings is 1. The van der Waals surface area contributed by atoms with E-state index in [9.17, 15) is 4.79 Å². The van der Waals surface area contributed by atoms with Gasteiger partial charge in [0.1, 0.15) is 0 Å². The van der Waals surface area contributed by atoms with Crippen LogP contribution >= 0.6 is 51.1 Å². The number of hydrogen-bond acceptors (Lipinski definition) is 3. The molecule has 21 heavy (non-hydrogen) atoms. The maximum Gasteiger partial charge on any atom is 0.243 e. The maximum absolute atomic E-state index is 11.7. The number of thiocarbonyl (C=S) groups is 1. The molecular weight excluding hydrogens is 394 g/mol. The predicted octanol–water partition coefficient (Wildman–Crippen LogP) is 3.72. The summed E-state index contributed by atoms with van der Waals surface area (Å²) in [6, 6.07) is 9.19. The molecule has 0 radical (unpaired) electrons. The summed E-state index contributed by atoms with van der Waals surface area (Å²) in [7, 11) is 0. The van der Waals surface area contributed by atoms with E-state index in [-0.39, 0.29) is 11.0 Å². The Bertz CT molecular complexity index is 649. The van der Waals surface area contributed by atoms with Gasteiger partial charge < -0.3 is 5.32 Å². The fourth-order valence-corrected chi connectivity index (χ4v) is 3.07.